The molecule has 0 aliphatic carbocycles. The van der Waals surface area contributed by atoms with E-state index < -0.39 is 4.92 Å². The number of nitro benzene ring substituents is 1. The normalized spacial score (nSPS) is 9.48. The predicted octanol–water partition coefficient (Wildman–Crippen LogP) is 3.23. The van der Waals surface area contributed by atoms with Crippen molar-refractivity contribution in [2.75, 3.05) is 30.3 Å². The summed E-state index contributed by atoms with van der Waals surface area (Å²) >= 11 is 5.53. The maximum absolute atomic E-state index is 10.2. The van der Waals surface area contributed by atoms with Gasteiger partial charge in [-0.2, -0.15) is 5.26 Å². The molecule has 0 amide bonds. The number of hydrogen-bond donors (Lipinski definition) is 2. The fourth-order valence-corrected chi connectivity index (χ4v) is 2.12. The summed E-state index contributed by atoms with van der Waals surface area (Å²) in [6.07, 6.45) is 0.481. The van der Waals surface area contributed by atoms with E-state index in [-0.39, 0.29) is 17.3 Å². The summed E-state index contributed by atoms with van der Waals surface area (Å²) in [5.41, 5.74) is 6.68. The first-order valence-electron chi connectivity index (χ1n) is 7.46. The van der Waals surface area contributed by atoms with Crippen molar-refractivity contribution in [1.29, 1.82) is 5.26 Å². The van der Waals surface area contributed by atoms with Gasteiger partial charge < -0.3 is 15.7 Å². The maximum Gasteiger partial charge on any atom is 0.271 e. The van der Waals surface area contributed by atoms with Crippen molar-refractivity contribution in [3.8, 4) is 6.07 Å². The number of aliphatic hydroxyl groups is 1. The van der Waals surface area contributed by atoms with E-state index in [9.17, 15) is 10.1 Å². The van der Waals surface area contributed by atoms with Gasteiger partial charge in [0, 0.05) is 30.9 Å². The lowest BCUT2D eigenvalue weighted by molar-refractivity contribution is -0.384. The van der Waals surface area contributed by atoms with E-state index >= 15 is 0 Å². The molecular weight excluding hydrogens is 344 g/mol. The van der Waals surface area contributed by atoms with Gasteiger partial charge in [-0.1, -0.05) is 29.8 Å². The van der Waals surface area contributed by atoms with E-state index in [4.69, 9.17) is 27.7 Å². The van der Waals surface area contributed by atoms with Crippen LogP contribution in [0.4, 0.5) is 17.1 Å². The van der Waals surface area contributed by atoms with Gasteiger partial charge in [-0.05, 0) is 18.2 Å². The Labute approximate surface area is 151 Å². The summed E-state index contributed by atoms with van der Waals surface area (Å²) in [7, 11) is 0. The molecule has 0 saturated carbocycles. The smallest absolute Gasteiger partial charge is 0.271 e. The van der Waals surface area contributed by atoms with Gasteiger partial charge in [0.25, 0.3) is 5.69 Å². The quantitative estimate of drug-likeness (QED) is 0.463. The van der Waals surface area contributed by atoms with Crippen LogP contribution in [0.3, 0.4) is 0 Å². The minimum atomic E-state index is -0.522. The summed E-state index contributed by atoms with van der Waals surface area (Å²) in [6, 6.07) is 15.8. The van der Waals surface area contributed by atoms with Crippen LogP contribution in [0.2, 0.25) is 5.02 Å². The highest BCUT2D eigenvalue weighted by atomic mass is 35.5. The zero-order valence-electron chi connectivity index (χ0n) is 13.5. The second-order valence-corrected chi connectivity index (χ2v) is 5.32. The Morgan fingerprint density at radius 1 is 1.24 bits per heavy atom. The molecule has 0 saturated heterocycles. The number of benzene rings is 2. The molecule has 0 heterocycles. The van der Waals surface area contributed by atoms with Crippen LogP contribution in [0.25, 0.3) is 0 Å². The molecule has 3 N–H and O–H groups in total. The Morgan fingerprint density at radius 2 is 1.92 bits per heavy atom. The third kappa shape index (κ3) is 7.08. The number of halogens is 1. The van der Waals surface area contributed by atoms with Gasteiger partial charge in [0.05, 0.1) is 34.7 Å². The summed E-state index contributed by atoms with van der Waals surface area (Å²) in [6.45, 7) is 1.35. The number of rotatable bonds is 6. The number of nitrogen functional groups attached to an aromatic ring is 1. The predicted molar refractivity (Wildman–Crippen MR) is 98.5 cm³/mol. The number of aliphatic hydroxyl groups excluding tert-OH is 1. The number of nitrogens with two attached hydrogens (primary N) is 1. The van der Waals surface area contributed by atoms with Crippen molar-refractivity contribution in [3.63, 3.8) is 0 Å². The van der Waals surface area contributed by atoms with E-state index in [0.29, 0.717) is 25.2 Å². The summed E-state index contributed by atoms with van der Waals surface area (Å²) in [4.78, 5) is 11.7. The van der Waals surface area contributed by atoms with E-state index in [0.717, 1.165) is 5.69 Å². The van der Waals surface area contributed by atoms with Crippen LogP contribution in [-0.2, 0) is 0 Å². The number of nitriles is 1. The van der Waals surface area contributed by atoms with Crippen molar-refractivity contribution in [3.05, 3.63) is 63.7 Å². The molecule has 0 aromatic heterocycles. The van der Waals surface area contributed by atoms with Crippen molar-refractivity contribution in [1.82, 2.24) is 0 Å². The molecule has 0 unspecified atom stereocenters. The zero-order chi connectivity index (χ0) is 18.7. The highest BCUT2D eigenvalue weighted by Gasteiger charge is 2.06. The lowest BCUT2D eigenvalue weighted by Crippen LogP contribution is -2.27. The Balaban J connectivity index is 0.000000257. The van der Waals surface area contributed by atoms with E-state index in [1.54, 1.807) is 0 Å². The number of anilines is 2. The molecule has 2 rings (SSSR count). The zero-order valence-corrected chi connectivity index (χ0v) is 14.3. The van der Waals surface area contributed by atoms with Crippen LogP contribution >= 0.6 is 11.6 Å². The molecule has 8 heteroatoms. The third-order valence-electron chi connectivity index (χ3n) is 3.18. The summed E-state index contributed by atoms with van der Waals surface area (Å²) in [5, 5.41) is 27.7. The lowest BCUT2D eigenvalue weighted by Gasteiger charge is -2.22. The Hall–Kier alpha value is -2.82. The number of non-ortho nitro benzene ring substituents is 1. The lowest BCUT2D eigenvalue weighted by atomic mass is 10.2. The average molecular weight is 363 g/mol. The van der Waals surface area contributed by atoms with E-state index in [1.165, 1.54) is 18.2 Å². The Morgan fingerprint density at radius 3 is 2.44 bits per heavy atom. The molecule has 0 aliphatic heterocycles. The molecule has 2 aromatic carbocycles. The van der Waals surface area contributed by atoms with Crippen molar-refractivity contribution < 1.29 is 10.0 Å². The van der Waals surface area contributed by atoms with Crippen molar-refractivity contribution >= 4 is 28.7 Å². The van der Waals surface area contributed by atoms with Gasteiger partial charge in [0.2, 0.25) is 0 Å². The highest BCUT2D eigenvalue weighted by Crippen LogP contribution is 2.23. The van der Waals surface area contributed by atoms with Crippen LogP contribution in [0.15, 0.2) is 48.5 Å². The highest BCUT2D eigenvalue weighted by molar-refractivity contribution is 6.33. The molecule has 2 aromatic rings. The van der Waals surface area contributed by atoms with Crippen LogP contribution in [0.5, 0.6) is 0 Å². The van der Waals surface area contributed by atoms with Gasteiger partial charge in [0.15, 0.2) is 0 Å². The van der Waals surface area contributed by atoms with Crippen molar-refractivity contribution in [2.24, 2.45) is 0 Å². The first-order valence-corrected chi connectivity index (χ1v) is 7.84. The SMILES string of the molecule is N#CCCN(CCO)c1ccccc1.Nc1ccc([N+](=O)[O-])cc1Cl. The van der Waals surface area contributed by atoms with Gasteiger partial charge in [-0.3, -0.25) is 10.1 Å². The van der Waals surface area contributed by atoms with Crippen LogP contribution in [0.1, 0.15) is 6.42 Å². The fourth-order valence-electron chi connectivity index (χ4n) is 1.94. The summed E-state index contributed by atoms with van der Waals surface area (Å²) < 4.78 is 0. The van der Waals surface area contributed by atoms with Gasteiger partial charge in [-0.15, -0.1) is 0 Å². The largest absolute Gasteiger partial charge is 0.398 e. The molecule has 0 radical (unpaired) electrons. The molecule has 25 heavy (non-hydrogen) atoms. The molecule has 7 nitrogen and oxygen atoms in total. The fraction of sp³-hybridized carbons (Fsp3) is 0.235. The molecule has 0 bridgehead atoms. The third-order valence-corrected chi connectivity index (χ3v) is 3.51. The minimum Gasteiger partial charge on any atom is -0.398 e. The topological polar surface area (TPSA) is 116 Å². The van der Waals surface area contributed by atoms with Crippen LogP contribution in [-0.4, -0.2) is 29.7 Å². The minimum absolute atomic E-state index is 0.0517. The molecule has 0 fully saturated rings. The van der Waals surface area contributed by atoms with E-state index in [2.05, 4.69) is 6.07 Å². The first kappa shape index (κ1) is 20.2. The molecule has 0 atom stereocenters. The van der Waals surface area contributed by atoms with Gasteiger partial charge in [-0.25, -0.2) is 0 Å². The van der Waals surface area contributed by atoms with Crippen LogP contribution in [0, 0.1) is 21.4 Å². The molecule has 132 valence electrons. The van der Waals surface area contributed by atoms with Gasteiger partial charge in [0.1, 0.15) is 0 Å². The monoisotopic (exact) mass is 362 g/mol. The number of nitrogens with zero attached hydrogens (tertiary/aromatic N) is 3. The standard InChI is InChI=1S/C11H14N2O.C6H5ClN2O2/c12-7-4-8-13(9-10-14)11-5-2-1-3-6-11;7-5-3-4(9(10)11)1-2-6(5)8/h1-3,5-6,14H,4,8-10H2;1-3H,8H2. The second kappa shape index (κ2) is 10.9. The van der Waals surface area contributed by atoms with E-state index in [1.807, 2.05) is 35.2 Å². The Kier molecular flexibility index (Phi) is 8.79. The molecular formula is C17H19ClN4O3. The number of nitro groups is 1. The molecule has 0 spiro atoms. The molecule has 0 aliphatic rings. The number of para-hydroxylation sites is 1. The average Bonchev–Trinajstić information content (AvgIpc) is 2.62. The van der Waals surface area contributed by atoms with Gasteiger partial charge >= 0.3 is 0 Å². The van der Waals surface area contributed by atoms with Crippen molar-refractivity contribution in [2.45, 2.75) is 6.42 Å². The van der Waals surface area contributed by atoms with Crippen LogP contribution < -0.4 is 10.6 Å². The maximum atomic E-state index is 10.2. The Bertz CT molecular complexity index is 720. The second-order valence-electron chi connectivity index (χ2n) is 4.92. The number of hydrogen-bond acceptors (Lipinski definition) is 6. The summed E-state index contributed by atoms with van der Waals surface area (Å²) in [5.74, 6) is 0. The first-order chi connectivity index (χ1) is 12.0.